The summed E-state index contributed by atoms with van der Waals surface area (Å²) in [5.41, 5.74) is 8.92. The van der Waals surface area contributed by atoms with Crippen molar-refractivity contribution in [2.75, 3.05) is 5.32 Å². The molecule has 0 atom stereocenters. The summed E-state index contributed by atoms with van der Waals surface area (Å²) in [4.78, 5) is 5.99. The van der Waals surface area contributed by atoms with Crippen LogP contribution in [0.1, 0.15) is 21.6 Å². The van der Waals surface area contributed by atoms with Gasteiger partial charge in [-0.3, -0.25) is 0 Å². The molecule has 0 spiro atoms. The third kappa shape index (κ3) is 2.68. The number of hydrogen-bond acceptors (Lipinski definition) is 4. The number of rotatable bonds is 4. The number of nitrogens with two attached hydrogens (primary N) is 1. The molecule has 18 heavy (non-hydrogen) atoms. The van der Waals surface area contributed by atoms with Crippen LogP contribution in [0.2, 0.25) is 0 Å². The number of hydrogen-bond donors (Lipinski definition) is 2. The standard InChI is InChI=1S/C13H15N3S2/c1-8-4-6-18-10(8)7-16-13-11(12(14)17)9(2)3-5-15-13/h3-6H,7H2,1-2H3,(H2,14,17)(H,15,16). The number of pyridine rings is 1. The summed E-state index contributed by atoms with van der Waals surface area (Å²) in [5.74, 6) is 0.760. The smallest absolute Gasteiger partial charge is 0.136 e. The zero-order valence-electron chi connectivity index (χ0n) is 10.4. The maximum Gasteiger partial charge on any atom is 0.136 e. The van der Waals surface area contributed by atoms with Gasteiger partial charge in [0.05, 0.1) is 12.1 Å². The molecule has 2 aromatic rings. The lowest BCUT2D eigenvalue weighted by molar-refractivity contribution is 1.11. The van der Waals surface area contributed by atoms with Gasteiger partial charge in [-0.2, -0.15) is 0 Å². The van der Waals surface area contributed by atoms with Crippen LogP contribution in [-0.2, 0) is 6.54 Å². The highest BCUT2D eigenvalue weighted by Crippen LogP contribution is 2.20. The van der Waals surface area contributed by atoms with E-state index in [2.05, 4.69) is 28.7 Å². The normalized spacial score (nSPS) is 10.3. The van der Waals surface area contributed by atoms with Crippen molar-refractivity contribution in [2.45, 2.75) is 20.4 Å². The molecule has 0 bridgehead atoms. The predicted octanol–water partition coefficient (Wildman–Crippen LogP) is 3.01. The molecule has 0 aliphatic heterocycles. The van der Waals surface area contributed by atoms with Crippen molar-refractivity contribution in [3.05, 3.63) is 45.3 Å². The topological polar surface area (TPSA) is 50.9 Å². The second-order valence-electron chi connectivity index (χ2n) is 4.10. The van der Waals surface area contributed by atoms with E-state index in [4.69, 9.17) is 18.0 Å². The molecule has 3 nitrogen and oxygen atoms in total. The molecule has 5 heteroatoms. The second kappa shape index (κ2) is 5.46. The van der Waals surface area contributed by atoms with Crippen molar-refractivity contribution >= 4 is 34.4 Å². The van der Waals surface area contributed by atoms with Gasteiger partial charge in [0.15, 0.2) is 0 Å². The summed E-state index contributed by atoms with van der Waals surface area (Å²) in [6, 6.07) is 4.02. The number of aromatic nitrogens is 1. The Kier molecular flexibility index (Phi) is 3.93. The molecule has 2 heterocycles. The Morgan fingerprint density at radius 3 is 2.78 bits per heavy atom. The largest absolute Gasteiger partial charge is 0.389 e. The van der Waals surface area contributed by atoms with Crippen LogP contribution in [0.5, 0.6) is 0 Å². The molecule has 2 rings (SSSR count). The zero-order valence-corrected chi connectivity index (χ0v) is 12.0. The first-order chi connectivity index (χ1) is 8.59. The Bertz CT molecular complexity index is 575. The van der Waals surface area contributed by atoms with Gasteiger partial charge in [0.25, 0.3) is 0 Å². The van der Waals surface area contributed by atoms with Gasteiger partial charge in [0, 0.05) is 11.1 Å². The SMILES string of the molecule is Cc1ccsc1CNc1nccc(C)c1C(N)=S. The summed E-state index contributed by atoms with van der Waals surface area (Å²) >= 11 is 6.81. The van der Waals surface area contributed by atoms with Crippen LogP contribution in [0.4, 0.5) is 5.82 Å². The molecule has 0 saturated heterocycles. The van der Waals surface area contributed by atoms with E-state index in [1.54, 1.807) is 17.5 Å². The lowest BCUT2D eigenvalue weighted by Crippen LogP contribution is -2.16. The van der Waals surface area contributed by atoms with Gasteiger partial charge in [-0.25, -0.2) is 4.98 Å². The fraction of sp³-hybridized carbons (Fsp3) is 0.231. The van der Waals surface area contributed by atoms with Gasteiger partial charge in [-0.05, 0) is 42.5 Å². The van der Waals surface area contributed by atoms with E-state index in [0.29, 0.717) is 4.99 Å². The zero-order chi connectivity index (χ0) is 13.1. The second-order valence-corrected chi connectivity index (χ2v) is 5.54. The maximum absolute atomic E-state index is 5.75. The Morgan fingerprint density at radius 1 is 1.39 bits per heavy atom. The first-order valence-corrected chi connectivity index (χ1v) is 6.90. The highest BCUT2D eigenvalue weighted by molar-refractivity contribution is 7.80. The van der Waals surface area contributed by atoms with Crippen LogP contribution in [0.3, 0.4) is 0 Å². The summed E-state index contributed by atoms with van der Waals surface area (Å²) in [7, 11) is 0. The minimum Gasteiger partial charge on any atom is -0.389 e. The molecule has 0 aliphatic rings. The lowest BCUT2D eigenvalue weighted by Gasteiger charge is -2.12. The van der Waals surface area contributed by atoms with E-state index >= 15 is 0 Å². The van der Waals surface area contributed by atoms with Crippen molar-refractivity contribution in [1.82, 2.24) is 4.98 Å². The number of nitrogens with zero attached hydrogens (tertiary/aromatic N) is 1. The minimum atomic E-state index is 0.381. The van der Waals surface area contributed by atoms with Gasteiger partial charge in [0.2, 0.25) is 0 Å². The van der Waals surface area contributed by atoms with Gasteiger partial charge in [0.1, 0.15) is 10.8 Å². The van der Waals surface area contributed by atoms with Crippen molar-refractivity contribution in [1.29, 1.82) is 0 Å². The van der Waals surface area contributed by atoms with Crippen molar-refractivity contribution < 1.29 is 0 Å². The van der Waals surface area contributed by atoms with E-state index < -0.39 is 0 Å². The van der Waals surface area contributed by atoms with Crippen molar-refractivity contribution in [3.63, 3.8) is 0 Å². The van der Waals surface area contributed by atoms with E-state index in [0.717, 1.165) is 23.5 Å². The van der Waals surface area contributed by atoms with E-state index in [-0.39, 0.29) is 0 Å². The van der Waals surface area contributed by atoms with Crippen LogP contribution in [0, 0.1) is 13.8 Å². The highest BCUT2D eigenvalue weighted by atomic mass is 32.1. The molecule has 3 N–H and O–H groups in total. The summed E-state index contributed by atoms with van der Waals surface area (Å²) in [5, 5.41) is 5.40. The summed E-state index contributed by atoms with van der Waals surface area (Å²) in [6.45, 7) is 4.83. The van der Waals surface area contributed by atoms with Crippen LogP contribution in [0.25, 0.3) is 0 Å². The van der Waals surface area contributed by atoms with Crippen LogP contribution >= 0.6 is 23.6 Å². The summed E-state index contributed by atoms with van der Waals surface area (Å²) < 4.78 is 0. The van der Waals surface area contributed by atoms with E-state index in [1.807, 2.05) is 13.0 Å². The fourth-order valence-corrected chi connectivity index (χ4v) is 2.86. The molecular formula is C13H15N3S2. The Morgan fingerprint density at radius 2 is 2.17 bits per heavy atom. The third-order valence-corrected chi connectivity index (χ3v) is 4.02. The molecule has 0 saturated carbocycles. The summed E-state index contributed by atoms with van der Waals surface area (Å²) in [6.07, 6.45) is 1.76. The van der Waals surface area contributed by atoms with Gasteiger partial charge in [-0.1, -0.05) is 12.2 Å². The fourth-order valence-electron chi connectivity index (χ4n) is 1.75. The molecular weight excluding hydrogens is 262 g/mol. The Hall–Kier alpha value is -1.46. The molecule has 0 amide bonds. The average molecular weight is 277 g/mol. The molecule has 0 unspecified atom stereocenters. The van der Waals surface area contributed by atoms with Gasteiger partial charge in [-0.15, -0.1) is 11.3 Å². The van der Waals surface area contributed by atoms with Crippen LogP contribution < -0.4 is 11.1 Å². The van der Waals surface area contributed by atoms with Gasteiger partial charge < -0.3 is 11.1 Å². The van der Waals surface area contributed by atoms with Crippen molar-refractivity contribution in [3.8, 4) is 0 Å². The predicted molar refractivity (Wildman–Crippen MR) is 81.2 cm³/mol. The maximum atomic E-state index is 5.75. The Balaban J connectivity index is 2.22. The first-order valence-electron chi connectivity index (χ1n) is 5.62. The number of thiophene rings is 1. The molecule has 0 radical (unpaired) electrons. The minimum absolute atomic E-state index is 0.381. The number of thiocarbonyl (C=S) groups is 1. The Labute approximate surface area is 116 Å². The van der Waals surface area contributed by atoms with E-state index in [9.17, 15) is 0 Å². The average Bonchev–Trinajstić information content (AvgIpc) is 2.71. The third-order valence-electron chi connectivity index (χ3n) is 2.79. The lowest BCUT2D eigenvalue weighted by atomic mass is 10.1. The molecule has 0 fully saturated rings. The first kappa shape index (κ1) is 13.0. The monoisotopic (exact) mass is 277 g/mol. The molecule has 2 aromatic heterocycles. The number of aryl methyl sites for hydroxylation is 2. The number of anilines is 1. The molecule has 0 aromatic carbocycles. The van der Waals surface area contributed by atoms with Gasteiger partial charge >= 0.3 is 0 Å². The number of nitrogens with one attached hydrogen (secondary N) is 1. The van der Waals surface area contributed by atoms with E-state index in [1.165, 1.54) is 10.4 Å². The highest BCUT2D eigenvalue weighted by Gasteiger charge is 2.10. The van der Waals surface area contributed by atoms with Crippen LogP contribution in [0.15, 0.2) is 23.7 Å². The molecule has 0 aliphatic carbocycles. The van der Waals surface area contributed by atoms with Crippen molar-refractivity contribution in [2.24, 2.45) is 5.73 Å². The molecule has 94 valence electrons. The van der Waals surface area contributed by atoms with Crippen LogP contribution in [-0.4, -0.2) is 9.97 Å². The quantitative estimate of drug-likeness (QED) is 0.844.